The lowest BCUT2D eigenvalue weighted by molar-refractivity contribution is -0.137. The van der Waals surface area contributed by atoms with E-state index in [2.05, 4.69) is 44.4 Å². The number of amides is 1. The van der Waals surface area contributed by atoms with Crippen LogP contribution in [0.4, 0.5) is 18.9 Å². The molecule has 0 unspecified atom stereocenters. The van der Waals surface area contributed by atoms with Crippen LogP contribution in [0.5, 0.6) is 0 Å². The lowest BCUT2D eigenvalue weighted by Gasteiger charge is -2.29. The molecule has 2 N–H and O–H groups in total. The topological polar surface area (TPSA) is 64.5 Å². The number of carbonyl (C=O) groups excluding carboxylic acids is 1. The van der Waals surface area contributed by atoms with Crippen molar-refractivity contribution in [1.82, 2.24) is 14.8 Å². The van der Waals surface area contributed by atoms with Crippen molar-refractivity contribution in [2.75, 3.05) is 18.4 Å². The monoisotopic (exact) mass is 686 g/mol. The number of nitrogens with zero attached hydrogens (tertiary/aromatic N) is 2. The van der Waals surface area contributed by atoms with Crippen LogP contribution in [-0.2, 0) is 45.2 Å². The summed E-state index contributed by atoms with van der Waals surface area (Å²) in [6, 6.07) is 31.0. The van der Waals surface area contributed by atoms with E-state index in [1.54, 1.807) is 12.3 Å². The highest BCUT2D eigenvalue weighted by atomic mass is 19.4. The van der Waals surface area contributed by atoms with Gasteiger partial charge < -0.3 is 14.7 Å². The van der Waals surface area contributed by atoms with Crippen molar-refractivity contribution >= 4 is 11.6 Å². The summed E-state index contributed by atoms with van der Waals surface area (Å²) in [5.41, 5.74) is 9.15. The van der Waals surface area contributed by atoms with Crippen molar-refractivity contribution in [3.8, 4) is 22.3 Å². The highest BCUT2D eigenvalue weighted by Crippen LogP contribution is 2.37. The molecule has 0 saturated carbocycles. The van der Waals surface area contributed by atoms with Crippen LogP contribution in [0.25, 0.3) is 22.3 Å². The Morgan fingerprint density at radius 1 is 0.725 bits per heavy atom. The van der Waals surface area contributed by atoms with Crippen LogP contribution in [0.1, 0.15) is 49.6 Å². The molecule has 6 aromatic rings. The van der Waals surface area contributed by atoms with Crippen LogP contribution in [0.2, 0.25) is 0 Å². The molecule has 0 bridgehead atoms. The Labute approximate surface area is 294 Å². The number of benzene rings is 4. The molecule has 4 heterocycles. The van der Waals surface area contributed by atoms with Crippen molar-refractivity contribution < 1.29 is 22.4 Å². The molecule has 0 saturated heterocycles. The smallest absolute Gasteiger partial charge is 0.416 e. The fourth-order valence-corrected chi connectivity index (χ4v) is 7.38. The third kappa shape index (κ3) is 7.13. The van der Waals surface area contributed by atoms with Crippen LogP contribution < -0.4 is 5.32 Å². The molecule has 0 atom stereocenters. The van der Waals surface area contributed by atoms with Crippen molar-refractivity contribution in [3.63, 3.8) is 0 Å². The van der Waals surface area contributed by atoms with E-state index in [1.165, 1.54) is 40.1 Å². The molecule has 0 aliphatic carbocycles. The van der Waals surface area contributed by atoms with Gasteiger partial charge in [0.1, 0.15) is 5.76 Å². The van der Waals surface area contributed by atoms with E-state index in [0.29, 0.717) is 22.4 Å². The largest absolute Gasteiger partial charge is 0.468 e. The summed E-state index contributed by atoms with van der Waals surface area (Å²) < 4.78 is 45.9. The number of alkyl halides is 3. The number of halogens is 3. The number of hydrogen-bond donors (Lipinski definition) is 2. The lowest BCUT2D eigenvalue weighted by atomic mass is 9.88. The average molecular weight is 687 g/mol. The molecule has 1 amide bonds. The van der Waals surface area contributed by atoms with E-state index in [9.17, 15) is 18.0 Å². The summed E-state index contributed by atoms with van der Waals surface area (Å²) in [6.07, 6.45) is 0.885. The fraction of sp³-hybridized carbons (Fsp3) is 0.214. The first-order valence-electron chi connectivity index (χ1n) is 17.2. The van der Waals surface area contributed by atoms with Gasteiger partial charge in [-0.2, -0.15) is 13.2 Å². The summed E-state index contributed by atoms with van der Waals surface area (Å²) in [6.45, 7) is 4.98. The lowest BCUT2D eigenvalue weighted by Crippen LogP contribution is -2.30. The molecule has 6 nitrogen and oxygen atoms in total. The number of furan rings is 1. The maximum absolute atomic E-state index is 14.4. The SMILES string of the molecule is O=C(Nc1ccc2c(c1)CCN(Cc1ccco1)C2)c1c(-c2ccc(C(F)(F)F)cc2)cccc1-c1ccc2c(c1)CCN(Cc1ccc[nH]1)C2. The van der Waals surface area contributed by atoms with Gasteiger partial charge >= 0.3 is 6.18 Å². The van der Waals surface area contributed by atoms with Crippen molar-refractivity contribution in [2.45, 2.75) is 45.2 Å². The Balaban J connectivity index is 1.10. The molecule has 0 fully saturated rings. The summed E-state index contributed by atoms with van der Waals surface area (Å²) in [7, 11) is 0. The van der Waals surface area contributed by atoms with Crippen LogP contribution >= 0.6 is 0 Å². The Morgan fingerprint density at radius 3 is 2.10 bits per heavy atom. The van der Waals surface area contributed by atoms with Gasteiger partial charge in [-0.25, -0.2) is 0 Å². The number of nitrogens with one attached hydrogen (secondary N) is 2. The molecule has 2 aliphatic rings. The van der Waals surface area contributed by atoms with Crippen molar-refractivity contribution in [1.29, 1.82) is 0 Å². The van der Waals surface area contributed by atoms with Crippen LogP contribution in [-0.4, -0.2) is 33.8 Å². The molecule has 0 radical (unpaired) electrons. The minimum Gasteiger partial charge on any atom is -0.468 e. The molecular weight excluding hydrogens is 649 g/mol. The third-order valence-electron chi connectivity index (χ3n) is 9.99. The highest BCUT2D eigenvalue weighted by molar-refractivity contribution is 6.13. The first-order chi connectivity index (χ1) is 24.8. The third-order valence-corrected chi connectivity index (χ3v) is 9.99. The number of hydrogen-bond acceptors (Lipinski definition) is 4. The van der Waals surface area contributed by atoms with Gasteiger partial charge in [0.15, 0.2) is 0 Å². The quantitative estimate of drug-likeness (QED) is 0.168. The summed E-state index contributed by atoms with van der Waals surface area (Å²) in [5, 5.41) is 3.14. The zero-order valence-corrected chi connectivity index (χ0v) is 28.0. The van der Waals surface area contributed by atoms with E-state index in [4.69, 9.17) is 4.42 Å². The highest BCUT2D eigenvalue weighted by Gasteiger charge is 2.30. The molecule has 258 valence electrons. The summed E-state index contributed by atoms with van der Waals surface area (Å²) in [5.74, 6) is 0.615. The zero-order chi connectivity index (χ0) is 35.0. The van der Waals surface area contributed by atoms with Crippen molar-refractivity contribution in [2.24, 2.45) is 0 Å². The van der Waals surface area contributed by atoms with Gasteiger partial charge in [0.2, 0.25) is 0 Å². The Morgan fingerprint density at radius 2 is 1.41 bits per heavy atom. The normalized spacial score (nSPS) is 15.0. The number of aromatic nitrogens is 1. The first-order valence-corrected chi connectivity index (χ1v) is 17.2. The minimum absolute atomic E-state index is 0.314. The number of rotatable bonds is 8. The van der Waals surface area contributed by atoms with E-state index in [1.807, 2.05) is 54.7 Å². The van der Waals surface area contributed by atoms with Crippen LogP contribution in [0.3, 0.4) is 0 Å². The van der Waals surface area contributed by atoms with Gasteiger partial charge in [-0.15, -0.1) is 0 Å². The molecular formula is C42H37F3N4O2. The Hall–Kier alpha value is -5.38. The molecule has 51 heavy (non-hydrogen) atoms. The Bertz CT molecular complexity index is 2160. The molecule has 4 aromatic carbocycles. The Kier molecular flexibility index (Phi) is 8.83. The van der Waals surface area contributed by atoms with Gasteiger partial charge in [0.25, 0.3) is 5.91 Å². The first kappa shape index (κ1) is 32.8. The summed E-state index contributed by atoms with van der Waals surface area (Å²) in [4.78, 5) is 22.4. The molecule has 2 aromatic heterocycles. The number of carbonyl (C=O) groups is 1. The number of aromatic amines is 1. The van der Waals surface area contributed by atoms with E-state index >= 15 is 0 Å². The maximum atomic E-state index is 14.4. The van der Waals surface area contributed by atoms with Crippen molar-refractivity contribution in [3.05, 3.63) is 160 Å². The number of anilines is 1. The van der Waals surface area contributed by atoms with Gasteiger partial charge in [-0.1, -0.05) is 54.6 Å². The second-order valence-electron chi connectivity index (χ2n) is 13.4. The zero-order valence-electron chi connectivity index (χ0n) is 28.0. The molecule has 9 heteroatoms. The van der Waals surface area contributed by atoms with E-state index in [-0.39, 0.29) is 5.91 Å². The number of fused-ring (bicyclic) bond motifs is 2. The molecule has 8 rings (SSSR count). The van der Waals surface area contributed by atoms with Gasteiger partial charge in [0, 0.05) is 50.3 Å². The predicted molar refractivity (Wildman–Crippen MR) is 192 cm³/mol. The summed E-state index contributed by atoms with van der Waals surface area (Å²) >= 11 is 0. The fourth-order valence-electron chi connectivity index (χ4n) is 7.38. The molecule has 2 aliphatic heterocycles. The minimum atomic E-state index is -4.46. The van der Waals surface area contributed by atoms with Crippen LogP contribution in [0, 0.1) is 0 Å². The maximum Gasteiger partial charge on any atom is 0.416 e. The van der Waals surface area contributed by atoms with Gasteiger partial charge in [-0.3, -0.25) is 14.6 Å². The van der Waals surface area contributed by atoms with Gasteiger partial charge in [0.05, 0.1) is 23.9 Å². The second-order valence-corrected chi connectivity index (χ2v) is 13.4. The standard InChI is InChI=1S/C42H37F3N4O2/c43-42(44,45)34-13-10-28(11-14-34)38-6-1-7-39(31-8-9-32-24-48(19-16-29(32)22-31)26-36-4-2-18-46-36)40(38)41(50)47-35-15-12-33-25-49(20-17-30(33)23-35)27-37-5-3-21-51-37/h1-15,18,21-23,46H,16-17,19-20,24-27H2,(H,47,50). The van der Waals surface area contributed by atoms with E-state index < -0.39 is 11.7 Å². The van der Waals surface area contributed by atoms with E-state index in [0.717, 1.165) is 81.1 Å². The van der Waals surface area contributed by atoms with Crippen LogP contribution in [0.15, 0.2) is 120 Å². The molecule has 0 spiro atoms. The predicted octanol–water partition coefficient (Wildman–Crippen LogP) is 9.33. The second kappa shape index (κ2) is 13.7. The van der Waals surface area contributed by atoms with Gasteiger partial charge in [-0.05, 0) is 106 Å². The number of H-pyrrole nitrogens is 1. The average Bonchev–Trinajstić information content (AvgIpc) is 3.86.